The minimum atomic E-state index is -0.246. The van der Waals surface area contributed by atoms with Crippen LogP contribution in [0, 0.1) is 0 Å². The predicted octanol–water partition coefficient (Wildman–Crippen LogP) is 1.90. The van der Waals surface area contributed by atoms with Crippen molar-refractivity contribution in [3.8, 4) is 0 Å². The van der Waals surface area contributed by atoms with Crippen LogP contribution in [0.2, 0.25) is 0 Å². The first kappa shape index (κ1) is 11.4. The van der Waals surface area contributed by atoms with Crippen molar-refractivity contribution >= 4 is 17.5 Å². The van der Waals surface area contributed by atoms with E-state index in [0.29, 0.717) is 17.7 Å². The van der Waals surface area contributed by atoms with E-state index in [1.54, 1.807) is 18.2 Å². The number of carbonyl (C=O) groups excluding carboxylic acids is 2. The highest BCUT2D eigenvalue weighted by Crippen LogP contribution is 2.24. The highest BCUT2D eigenvalue weighted by atomic mass is 16.2. The van der Waals surface area contributed by atoms with E-state index in [4.69, 9.17) is 0 Å². The van der Waals surface area contributed by atoms with Gasteiger partial charge in [-0.1, -0.05) is 12.2 Å². The lowest BCUT2D eigenvalue weighted by atomic mass is 10.1. The van der Waals surface area contributed by atoms with E-state index >= 15 is 0 Å². The Bertz CT molecular complexity index is 520. The average Bonchev–Trinajstić information content (AvgIpc) is 2.52. The maximum atomic E-state index is 11.8. The summed E-state index contributed by atoms with van der Waals surface area (Å²) in [6.45, 7) is 6.36. The van der Waals surface area contributed by atoms with Gasteiger partial charge in [-0.25, -0.2) is 0 Å². The van der Waals surface area contributed by atoms with Gasteiger partial charge in [0.05, 0.1) is 11.1 Å². The van der Waals surface area contributed by atoms with Gasteiger partial charge in [-0.15, -0.1) is 0 Å². The van der Waals surface area contributed by atoms with Gasteiger partial charge >= 0.3 is 0 Å². The molecular formula is C13H14N2O2. The Morgan fingerprint density at radius 1 is 1.29 bits per heavy atom. The van der Waals surface area contributed by atoms with Crippen molar-refractivity contribution in [3.63, 3.8) is 0 Å². The van der Waals surface area contributed by atoms with Gasteiger partial charge in [-0.2, -0.15) is 0 Å². The molecule has 0 fully saturated rings. The summed E-state index contributed by atoms with van der Waals surface area (Å²) in [5.74, 6) is -0.486. The number of benzene rings is 1. The van der Waals surface area contributed by atoms with Crippen LogP contribution >= 0.6 is 0 Å². The molecule has 88 valence electrons. The van der Waals surface area contributed by atoms with Crippen LogP contribution < -0.4 is 5.32 Å². The molecule has 17 heavy (non-hydrogen) atoms. The second-order valence-electron chi connectivity index (χ2n) is 4.24. The van der Waals surface area contributed by atoms with E-state index < -0.39 is 0 Å². The first-order valence-corrected chi connectivity index (χ1v) is 5.35. The quantitative estimate of drug-likeness (QED) is 0.637. The maximum Gasteiger partial charge on any atom is 0.261 e. The number of imide groups is 1. The van der Waals surface area contributed by atoms with E-state index in [1.165, 1.54) is 7.05 Å². The largest absolute Gasteiger partial charge is 0.381 e. The average molecular weight is 230 g/mol. The van der Waals surface area contributed by atoms with Crippen LogP contribution in [-0.2, 0) is 0 Å². The number of nitrogens with zero attached hydrogens (tertiary/aromatic N) is 1. The summed E-state index contributed by atoms with van der Waals surface area (Å²) in [5.41, 5.74) is 2.76. The molecule has 1 heterocycles. The number of hydrogen-bond acceptors (Lipinski definition) is 3. The first-order chi connectivity index (χ1) is 8.00. The molecule has 1 aromatic carbocycles. The van der Waals surface area contributed by atoms with Crippen LogP contribution in [0.25, 0.3) is 0 Å². The van der Waals surface area contributed by atoms with Crippen molar-refractivity contribution in [3.05, 3.63) is 41.5 Å². The third-order valence-corrected chi connectivity index (χ3v) is 2.68. The Labute approximate surface area is 99.9 Å². The number of hydrogen-bond donors (Lipinski definition) is 1. The van der Waals surface area contributed by atoms with Gasteiger partial charge in [-0.3, -0.25) is 14.5 Å². The second-order valence-corrected chi connectivity index (χ2v) is 4.24. The molecule has 0 radical (unpaired) electrons. The molecule has 0 atom stereocenters. The summed E-state index contributed by atoms with van der Waals surface area (Å²) in [5, 5.41) is 3.14. The lowest BCUT2D eigenvalue weighted by Gasteiger charge is -2.06. The van der Waals surface area contributed by atoms with Gasteiger partial charge in [0.15, 0.2) is 0 Å². The lowest BCUT2D eigenvalue weighted by Crippen LogP contribution is -2.24. The molecule has 4 nitrogen and oxygen atoms in total. The Balaban J connectivity index is 2.30. The van der Waals surface area contributed by atoms with Gasteiger partial charge in [0.1, 0.15) is 0 Å². The fraction of sp³-hybridized carbons (Fsp3) is 0.231. The van der Waals surface area contributed by atoms with Gasteiger partial charge in [-0.05, 0) is 25.1 Å². The van der Waals surface area contributed by atoms with Gasteiger partial charge in [0, 0.05) is 19.3 Å². The molecule has 2 rings (SSSR count). The summed E-state index contributed by atoms with van der Waals surface area (Å²) < 4.78 is 0. The highest BCUT2D eigenvalue weighted by Gasteiger charge is 2.32. The third kappa shape index (κ3) is 1.93. The summed E-state index contributed by atoms with van der Waals surface area (Å²) in [6.07, 6.45) is 0. The van der Waals surface area contributed by atoms with Crippen molar-refractivity contribution < 1.29 is 9.59 Å². The highest BCUT2D eigenvalue weighted by molar-refractivity contribution is 6.21. The molecule has 0 spiro atoms. The minimum Gasteiger partial charge on any atom is -0.381 e. The molecule has 0 saturated heterocycles. The normalized spacial score (nSPS) is 13.9. The smallest absolute Gasteiger partial charge is 0.261 e. The van der Waals surface area contributed by atoms with E-state index in [-0.39, 0.29) is 11.8 Å². The van der Waals surface area contributed by atoms with Crippen LogP contribution in [0.3, 0.4) is 0 Å². The van der Waals surface area contributed by atoms with Crippen molar-refractivity contribution in [2.75, 3.05) is 18.9 Å². The number of anilines is 1. The SMILES string of the molecule is C=C(C)CNc1ccc2c(c1)C(=O)N(C)C2=O. The summed E-state index contributed by atoms with van der Waals surface area (Å²) in [4.78, 5) is 24.5. The monoisotopic (exact) mass is 230 g/mol. The first-order valence-electron chi connectivity index (χ1n) is 5.35. The van der Waals surface area contributed by atoms with Gasteiger partial charge in [0.2, 0.25) is 0 Å². The molecule has 0 bridgehead atoms. The minimum absolute atomic E-state index is 0.239. The van der Waals surface area contributed by atoms with Crippen LogP contribution in [0.4, 0.5) is 5.69 Å². The summed E-state index contributed by atoms with van der Waals surface area (Å²) in [7, 11) is 1.49. The van der Waals surface area contributed by atoms with E-state index in [1.807, 2.05) is 6.92 Å². The van der Waals surface area contributed by atoms with E-state index in [0.717, 1.165) is 16.2 Å². The van der Waals surface area contributed by atoms with Crippen LogP contribution in [0.15, 0.2) is 30.4 Å². The Morgan fingerprint density at radius 2 is 1.94 bits per heavy atom. The van der Waals surface area contributed by atoms with Crippen molar-refractivity contribution in [2.45, 2.75) is 6.92 Å². The third-order valence-electron chi connectivity index (χ3n) is 2.68. The van der Waals surface area contributed by atoms with Gasteiger partial charge in [0.25, 0.3) is 11.8 Å². The van der Waals surface area contributed by atoms with Crippen LogP contribution in [0.1, 0.15) is 27.6 Å². The van der Waals surface area contributed by atoms with Crippen molar-refractivity contribution in [2.24, 2.45) is 0 Å². The van der Waals surface area contributed by atoms with Gasteiger partial charge < -0.3 is 5.32 Å². The molecule has 0 aliphatic carbocycles. The summed E-state index contributed by atoms with van der Waals surface area (Å²) in [6, 6.07) is 5.19. The standard InChI is InChI=1S/C13H14N2O2/c1-8(2)7-14-9-4-5-10-11(6-9)13(17)15(3)12(10)16/h4-6,14H,1,7H2,2-3H3. The molecule has 0 saturated carbocycles. The molecular weight excluding hydrogens is 216 g/mol. The number of nitrogens with one attached hydrogen (secondary N) is 1. The Hall–Kier alpha value is -2.10. The Morgan fingerprint density at radius 3 is 2.59 bits per heavy atom. The molecule has 4 heteroatoms. The number of fused-ring (bicyclic) bond motifs is 1. The number of rotatable bonds is 3. The van der Waals surface area contributed by atoms with E-state index in [2.05, 4.69) is 11.9 Å². The van der Waals surface area contributed by atoms with Crippen molar-refractivity contribution in [1.29, 1.82) is 0 Å². The molecule has 1 N–H and O–H groups in total. The fourth-order valence-corrected chi connectivity index (χ4v) is 1.72. The zero-order valence-electron chi connectivity index (χ0n) is 9.91. The zero-order chi connectivity index (χ0) is 12.6. The zero-order valence-corrected chi connectivity index (χ0v) is 9.91. The number of carbonyl (C=O) groups is 2. The number of amides is 2. The summed E-state index contributed by atoms with van der Waals surface area (Å²) >= 11 is 0. The molecule has 0 unspecified atom stereocenters. The lowest BCUT2D eigenvalue weighted by molar-refractivity contribution is 0.0693. The topological polar surface area (TPSA) is 49.4 Å². The van der Waals surface area contributed by atoms with E-state index in [9.17, 15) is 9.59 Å². The molecule has 1 aliphatic heterocycles. The van der Waals surface area contributed by atoms with Crippen LogP contribution in [0.5, 0.6) is 0 Å². The molecule has 2 amide bonds. The second kappa shape index (κ2) is 4.05. The molecule has 0 aromatic heterocycles. The Kier molecular flexibility index (Phi) is 2.71. The molecule has 1 aliphatic rings. The maximum absolute atomic E-state index is 11.8. The van der Waals surface area contributed by atoms with Crippen LogP contribution in [-0.4, -0.2) is 30.3 Å². The van der Waals surface area contributed by atoms with Crippen molar-refractivity contribution in [1.82, 2.24) is 4.90 Å². The fourth-order valence-electron chi connectivity index (χ4n) is 1.72. The molecule has 1 aromatic rings. The predicted molar refractivity (Wildman–Crippen MR) is 66.2 cm³/mol.